The summed E-state index contributed by atoms with van der Waals surface area (Å²) in [5.74, 6) is 0. The second-order valence-electron chi connectivity index (χ2n) is 7.33. The maximum atomic E-state index is 13.0. The molecule has 3 aromatic rings. The molecular weight excluding hydrogens is 354 g/mol. The van der Waals surface area contributed by atoms with Crippen LogP contribution < -0.4 is 4.72 Å². The average Bonchev–Trinajstić information content (AvgIpc) is 2.71. The smallest absolute Gasteiger partial charge is 0.207 e. The minimum absolute atomic E-state index is 0.214. The van der Waals surface area contributed by atoms with Crippen LogP contribution in [-0.2, 0) is 22.9 Å². The highest BCUT2D eigenvalue weighted by atomic mass is 32.2. The van der Waals surface area contributed by atoms with Crippen molar-refractivity contribution in [2.45, 2.75) is 50.0 Å². The van der Waals surface area contributed by atoms with Crippen LogP contribution in [0.1, 0.15) is 48.9 Å². The van der Waals surface area contributed by atoms with Crippen molar-refractivity contribution >= 4 is 20.8 Å². The van der Waals surface area contributed by atoms with Crippen molar-refractivity contribution in [3.8, 4) is 0 Å². The van der Waals surface area contributed by atoms with Crippen LogP contribution >= 0.6 is 0 Å². The van der Waals surface area contributed by atoms with Gasteiger partial charge in [-0.3, -0.25) is 0 Å². The largest absolute Gasteiger partial charge is 0.241 e. The number of hydrogen-bond donors (Lipinski definition) is 1. The molecule has 0 amide bonds. The Labute approximate surface area is 161 Å². The van der Waals surface area contributed by atoms with Crippen molar-refractivity contribution in [3.63, 3.8) is 0 Å². The van der Waals surface area contributed by atoms with Crippen LogP contribution in [0.2, 0.25) is 0 Å². The zero-order valence-corrected chi connectivity index (χ0v) is 16.4. The standard InChI is InChI=1S/C23H25NO2S/c1-2-23(21-12-11-17-7-3-5-9-19(17)15-21)24-27(25,26)22-14-13-18-8-4-6-10-20(18)16-22/h4,6,8,10-16,23-24H,2-3,5,7,9H2,1H3/t23-/m1/s1. The Kier molecular flexibility index (Phi) is 5.02. The molecule has 3 nitrogen and oxygen atoms in total. The van der Waals surface area contributed by atoms with Gasteiger partial charge in [-0.25, -0.2) is 13.1 Å². The highest BCUT2D eigenvalue weighted by Gasteiger charge is 2.21. The molecule has 1 atom stereocenters. The van der Waals surface area contributed by atoms with Crippen LogP contribution in [0.3, 0.4) is 0 Å². The summed E-state index contributed by atoms with van der Waals surface area (Å²) in [6.45, 7) is 2.02. The normalized spacial score (nSPS) is 15.4. The van der Waals surface area contributed by atoms with E-state index in [1.165, 1.54) is 24.0 Å². The molecule has 27 heavy (non-hydrogen) atoms. The topological polar surface area (TPSA) is 46.2 Å². The molecular formula is C23H25NO2S. The van der Waals surface area contributed by atoms with Gasteiger partial charge in [-0.2, -0.15) is 0 Å². The van der Waals surface area contributed by atoms with E-state index in [-0.39, 0.29) is 6.04 Å². The Morgan fingerprint density at radius 2 is 1.63 bits per heavy atom. The van der Waals surface area contributed by atoms with Crippen molar-refractivity contribution in [1.82, 2.24) is 4.72 Å². The predicted molar refractivity (Wildman–Crippen MR) is 110 cm³/mol. The highest BCUT2D eigenvalue weighted by molar-refractivity contribution is 7.89. The van der Waals surface area contributed by atoms with E-state index in [1.807, 2.05) is 37.3 Å². The Morgan fingerprint density at radius 3 is 2.41 bits per heavy atom. The molecule has 4 rings (SSSR count). The van der Waals surface area contributed by atoms with E-state index in [2.05, 4.69) is 22.9 Å². The first-order valence-electron chi connectivity index (χ1n) is 9.69. The van der Waals surface area contributed by atoms with Gasteiger partial charge in [-0.05, 0) is 71.7 Å². The summed E-state index contributed by atoms with van der Waals surface area (Å²) in [5, 5.41) is 1.97. The minimum atomic E-state index is -3.58. The molecule has 0 bridgehead atoms. The van der Waals surface area contributed by atoms with Crippen LogP contribution in [0, 0.1) is 0 Å². The van der Waals surface area contributed by atoms with Crippen LogP contribution in [0.25, 0.3) is 10.8 Å². The Bertz CT molecular complexity index is 1070. The van der Waals surface area contributed by atoms with Crippen molar-refractivity contribution in [3.05, 3.63) is 77.4 Å². The molecule has 4 heteroatoms. The molecule has 0 radical (unpaired) electrons. The summed E-state index contributed by atoms with van der Waals surface area (Å²) in [5.41, 5.74) is 3.85. The number of fused-ring (bicyclic) bond motifs is 2. The SMILES string of the molecule is CC[C@@H](NS(=O)(=O)c1ccc2ccccc2c1)c1ccc2c(c1)CCCC2. The first kappa shape index (κ1) is 18.2. The first-order chi connectivity index (χ1) is 13.1. The van der Waals surface area contributed by atoms with Crippen LogP contribution in [0.5, 0.6) is 0 Å². The van der Waals surface area contributed by atoms with Crippen LogP contribution in [0.15, 0.2) is 65.6 Å². The quantitative estimate of drug-likeness (QED) is 0.666. The summed E-state index contributed by atoms with van der Waals surface area (Å²) < 4.78 is 28.9. The molecule has 0 spiro atoms. The molecule has 1 N–H and O–H groups in total. The van der Waals surface area contributed by atoms with E-state index < -0.39 is 10.0 Å². The summed E-state index contributed by atoms with van der Waals surface area (Å²) in [4.78, 5) is 0.317. The lowest BCUT2D eigenvalue weighted by atomic mass is 9.89. The molecule has 0 heterocycles. The molecule has 0 aliphatic heterocycles. The lowest BCUT2D eigenvalue weighted by Crippen LogP contribution is -2.28. The fourth-order valence-electron chi connectivity index (χ4n) is 3.95. The lowest BCUT2D eigenvalue weighted by Gasteiger charge is -2.22. The molecule has 0 unspecified atom stereocenters. The third kappa shape index (κ3) is 3.78. The summed E-state index contributed by atoms with van der Waals surface area (Å²) in [6.07, 6.45) is 5.41. The van der Waals surface area contributed by atoms with E-state index in [0.717, 1.165) is 29.2 Å². The maximum absolute atomic E-state index is 13.0. The molecule has 0 aromatic heterocycles. The molecule has 3 aromatic carbocycles. The van der Waals surface area contributed by atoms with E-state index in [1.54, 1.807) is 12.1 Å². The fraction of sp³-hybridized carbons (Fsp3) is 0.304. The summed E-state index contributed by atoms with van der Waals surface area (Å²) in [7, 11) is -3.58. The number of hydrogen-bond acceptors (Lipinski definition) is 2. The van der Waals surface area contributed by atoms with Crippen LogP contribution in [0.4, 0.5) is 0 Å². The van der Waals surface area contributed by atoms with Crippen molar-refractivity contribution in [2.24, 2.45) is 0 Å². The van der Waals surface area contributed by atoms with Crippen molar-refractivity contribution in [2.75, 3.05) is 0 Å². The average molecular weight is 380 g/mol. The maximum Gasteiger partial charge on any atom is 0.241 e. The van der Waals surface area contributed by atoms with Gasteiger partial charge in [0.1, 0.15) is 0 Å². The van der Waals surface area contributed by atoms with Gasteiger partial charge in [0.2, 0.25) is 10.0 Å². The number of rotatable bonds is 5. The minimum Gasteiger partial charge on any atom is -0.207 e. The van der Waals surface area contributed by atoms with Crippen LogP contribution in [-0.4, -0.2) is 8.42 Å². The van der Waals surface area contributed by atoms with Gasteiger partial charge in [0, 0.05) is 6.04 Å². The van der Waals surface area contributed by atoms with Gasteiger partial charge < -0.3 is 0 Å². The van der Waals surface area contributed by atoms with Gasteiger partial charge >= 0.3 is 0 Å². The number of nitrogens with one attached hydrogen (secondary N) is 1. The van der Waals surface area contributed by atoms with Gasteiger partial charge in [0.05, 0.1) is 4.90 Å². The third-order valence-electron chi connectivity index (χ3n) is 5.51. The van der Waals surface area contributed by atoms with Gasteiger partial charge in [-0.1, -0.05) is 55.5 Å². The lowest BCUT2D eigenvalue weighted by molar-refractivity contribution is 0.549. The number of aryl methyl sites for hydroxylation is 2. The molecule has 0 saturated carbocycles. The molecule has 1 aliphatic rings. The van der Waals surface area contributed by atoms with Gasteiger partial charge in [-0.15, -0.1) is 0 Å². The van der Waals surface area contributed by atoms with Crippen molar-refractivity contribution in [1.29, 1.82) is 0 Å². The predicted octanol–water partition coefficient (Wildman–Crippen LogP) is 5.15. The molecule has 1 aliphatic carbocycles. The van der Waals surface area contributed by atoms with E-state index in [4.69, 9.17) is 0 Å². The zero-order valence-electron chi connectivity index (χ0n) is 15.6. The fourth-order valence-corrected chi connectivity index (χ4v) is 5.29. The Hall–Kier alpha value is -2.17. The highest BCUT2D eigenvalue weighted by Crippen LogP contribution is 2.27. The number of benzene rings is 3. The van der Waals surface area contributed by atoms with E-state index in [0.29, 0.717) is 11.3 Å². The second kappa shape index (κ2) is 7.45. The van der Waals surface area contributed by atoms with E-state index in [9.17, 15) is 8.42 Å². The molecule has 140 valence electrons. The Morgan fingerprint density at radius 1 is 0.889 bits per heavy atom. The van der Waals surface area contributed by atoms with E-state index >= 15 is 0 Å². The molecule has 0 saturated heterocycles. The third-order valence-corrected chi connectivity index (χ3v) is 6.98. The monoisotopic (exact) mass is 379 g/mol. The second-order valence-corrected chi connectivity index (χ2v) is 9.04. The molecule has 0 fully saturated rings. The Balaban J connectivity index is 1.63. The van der Waals surface area contributed by atoms with Gasteiger partial charge in [0.15, 0.2) is 0 Å². The summed E-state index contributed by atoms with van der Waals surface area (Å²) >= 11 is 0. The first-order valence-corrected chi connectivity index (χ1v) is 11.2. The number of sulfonamides is 1. The zero-order chi connectivity index (χ0) is 18.9. The summed E-state index contributed by atoms with van der Waals surface area (Å²) in [6, 6.07) is 19.4. The van der Waals surface area contributed by atoms with Gasteiger partial charge in [0.25, 0.3) is 0 Å². The van der Waals surface area contributed by atoms with Crippen molar-refractivity contribution < 1.29 is 8.42 Å².